The molecule has 0 amide bonds. The monoisotopic (exact) mass is 278 g/mol. The van der Waals surface area contributed by atoms with E-state index in [0.29, 0.717) is 5.02 Å². The summed E-state index contributed by atoms with van der Waals surface area (Å²) >= 11 is 6.15. The summed E-state index contributed by atoms with van der Waals surface area (Å²) in [7, 11) is 4.12. The summed E-state index contributed by atoms with van der Waals surface area (Å²) in [5.74, 6) is 1.74. The number of furan rings is 1. The average Bonchev–Trinajstić information content (AvgIpc) is 2.83. The van der Waals surface area contributed by atoms with Crippen molar-refractivity contribution in [3.05, 3.63) is 47.2 Å². The van der Waals surface area contributed by atoms with Gasteiger partial charge in [-0.3, -0.25) is 0 Å². The van der Waals surface area contributed by atoms with Gasteiger partial charge >= 0.3 is 0 Å². The molecule has 1 N–H and O–H groups in total. The van der Waals surface area contributed by atoms with Gasteiger partial charge in [0.1, 0.15) is 11.5 Å². The molecule has 0 aliphatic carbocycles. The first-order valence-corrected chi connectivity index (χ1v) is 6.73. The summed E-state index contributed by atoms with van der Waals surface area (Å²) < 4.78 is 5.80. The average molecular weight is 279 g/mol. The van der Waals surface area contributed by atoms with Crippen molar-refractivity contribution in [3.8, 4) is 11.3 Å². The van der Waals surface area contributed by atoms with Crippen LogP contribution in [0.15, 0.2) is 40.8 Å². The van der Waals surface area contributed by atoms with Gasteiger partial charge in [0.05, 0.1) is 11.6 Å². The van der Waals surface area contributed by atoms with Gasteiger partial charge in [-0.05, 0) is 38.4 Å². The highest BCUT2D eigenvalue weighted by Gasteiger charge is 2.07. The predicted octanol–water partition coefficient (Wildman–Crippen LogP) is 3.25. The Morgan fingerprint density at radius 1 is 1.16 bits per heavy atom. The SMILES string of the molecule is CN(C)CCNCc1ccc(-c2ccccc2Cl)o1. The van der Waals surface area contributed by atoms with E-state index < -0.39 is 0 Å². The molecule has 0 saturated carbocycles. The zero-order valence-electron chi connectivity index (χ0n) is 11.3. The van der Waals surface area contributed by atoms with Crippen LogP contribution in [0.4, 0.5) is 0 Å². The van der Waals surface area contributed by atoms with Crippen molar-refractivity contribution in [1.82, 2.24) is 10.2 Å². The van der Waals surface area contributed by atoms with Gasteiger partial charge < -0.3 is 14.6 Å². The number of halogens is 1. The van der Waals surface area contributed by atoms with Gasteiger partial charge in [-0.1, -0.05) is 23.7 Å². The second-order valence-corrected chi connectivity index (χ2v) is 5.13. The van der Waals surface area contributed by atoms with Crippen molar-refractivity contribution in [3.63, 3.8) is 0 Å². The molecule has 0 spiro atoms. The van der Waals surface area contributed by atoms with Gasteiger partial charge in [0.2, 0.25) is 0 Å². The standard InChI is InChI=1S/C15H19ClN2O/c1-18(2)10-9-17-11-12-7-8-15(19-12)13-5-3-4-6-14(13)16/h3-8,17H,9-11H2,1-2H3. The molecule has 1 heterocycles. The van der Waals surface area contributed by atoms with E-state index in [1.54, 1.807) is 0 Å². The zero-order valence-corrected chi connectivity index (χ0v) is 12.1. The smallest absolute Gasteiger partial charge is 0.135 e. The Balaban J connectivity index is 1.94. The van der Waals surface area contributed by atoms with Crippen molar-refractivity contribution < 1.29 is 4.42 Å². The topological polar surface area (TPSA) is 28.4 Å². The Morgan fingerprint density at radius 2 is 1.95 bits per heavy atom. The molecule has 0 bridgehead atoms. The molecule has 19 heavy (non-hydrogen) atoms. The fourth-order valence-corrected chi connectivity index (χ4v) is 2.02. The first-order valence-electron chi connectivity index (χ1n) is 6.36. The summed E-state index contributed by atoms with van der Waals surface area (Å²) in [6, 6.07) is 11.7. The lowest BCUT2D eigenvalue weighted by atomic mass is 10.2. The van der Waals surface area contributed by atoms with Gasteiger partial charge in [0, 0.05) is 18.7 Å². The molecule has 0 aliphatic heterocycles. The number of likely N-dealkylation sites (N-methyl/N-ethyl adjacent to an activating group) is 1. The zero-order chi connectivity index (χ0) is 13.7. The molecular weight excluding hydrogens is 260 g/mol. The molecule has 2 rings (SSSR count). The number of nitrogens with one attached hydrogen (secondary N) is 1. The van der Waals surface area contributed by atoms with E-state index in [2.05, 4.69) is 24.3 Å². The lowest BCUT2D eigenvalue weighted by molar-refractivity contribution is 0.392. The lowest BCUT2D eigenvalue weighted by Crippen LogP contribution is -2.25. The van der Waals surface area contributed by atoms with Crippen molar-refractivity contribution in [2.45, 2.75) is 6.54 Å². The van der Waals surface area contributed by atoms with Crippen molar-refractivity contribution in [1.29, 1.82) is 0 Å². The van der Waals surface area contributed by atoms with Crippen LogP contribution in [0.5, 0.6) is 0 Å². The molecule has 3 nitrogen and oxygen atoms in total. The first-order chi connectivity index (χ1) is 9.16. The third kappa shape index (κ3) is 4.10. The minimum absolute atomic E-state index is 0.712. The lowest BCUT2D eigenvalue weighted by Gasteiger charge is -2.09. The number of hydrogen-bond acceptors (Lipinski definition) is 3. The van der Waals surface area contributed by atoms with Crippen molar-refractivity contribution >= 4 is 11.6 Å². The van der Waals surface area contributed by atoms with Crippen molar-refractivity contribution in [2.24, 2.45) is 0 Å². The van der Waals surface area contributed by atoms with E-state index in [9.17, 15) is 0 Å². The fraction of sp³-hybridized carbons (Fsp3) is 0.333. The maximum absolute atomic E-state index is 6.15. The van der Waals surface area contributed by atoms with E-state index in [-0.39, 0.29) is 0 Å². The van der Waals surface area contributed by atoms with E-state index in [1.807, 2.05) is 36.4 Å². The van der Waals surface area contributed by atoms with E-state index >= 15 is 0 Å². The fourth-order valence-electron chi connectivity index (χ4n) is 1.79. The maximum Gasteiger partial charge on any atom is 0.135 e. The largest absolute Gasteiger partial charge is 0.460 e. The summed E-state index contributed by atoms with van der Waals surface area (Å²) in [6.45, 7) is 2.69. The highest BCUT2D eigenvalue weighted by Crippen LogP contribution is 2.28. The minimum Gasteiger partial charge on any atom is -0.460 e. The molecule has 2 aromatic rings. The molecular formula is C15H19ClN2O. The molecule has 0 unspecified atom stereocenters. The molecule has 0 fully saturated rings. The van der Waals surface area contributed by atoms with Gasteiger partial charge in [0.15, 0.2) is 0 Å². The van der Waals surface area contributed by atoms with E-state index in [1.165, 1.54) is 0 Å². The van der Waals surface area contributed by atoms with Crippen LogP contribution in [0.3, 0.4) is 0 Å². The first kappa shape index (κ1) is 14.1. The van der Waals surface area contributed by atoms with Gasteiger partial charge in [-0.2, -0.15) is 0 Å². The Kier molecular flexibility index (Phi) is 5.02. The number of nitrogens with zero attached hydrogens (tertiary/aromatic N) is 1. The summed E-state index contributed by atoms with van der Waals surface area (Å²) in [5.41, 5.74) is 0.934. The van der Waals surface area contributed by atoms with Gasteiger partial charge in [-0.25, -0.2) is 0 Å². The highest BCUT2D eigenvalue weighted by molar-refractivity contribution is 6.33. The Morgan fingerprint density at radius 3 is 2.68 bits per heavy atom. The Hall–Kier alpha value is -1.29. The van der Waals surface area contributed by atoms with Gasteiger partial charge in [0.25, 0.3) is 0 Å². The highest BCUT2D eigenvalue weighted by atomic mass is 35.5. The molecule has 0 radical (unpaired) electrons. The van der Waals surface area contributed by atoms with E-state index in [4.69, 9.17) is 16.0 Å². The van der Waals surface area contributed by atoms with E-state index in [0.717, 1.165) is 36.7 Å². The van der Waals surface area contributed by atoms with Crippen LogP contribution >= 0.6 is 11.6 Å². The van der Waals surface area contributed by atoms with Crippen LogP contribution < -0.4 is 5.32 Å². The predicted molar refractivity (Wildman–Crippen MR) is 79.4 cm³/mol. The van der Waals surface area contributed by atoms with Crippen LogP contribution in [0.1, 0.15) is 5.76 Å². The number of hydrogen-bond donors (Lipinski definition) is 1. The number of rotatable bonds is 6. The Bertz CT molecular complexity index is 522. The summed E-state index contributed by atoms with van der Waals surface area (Å²) in [5, 5.41) is 4.06. The van der Waals surface area contributed by atoms with Crippen LogP contribution in [0.2, 0.25) is 5.02 Å². The van der Waals surface area contributed by atoms with Crippen LogP contribution in [0, 0.1) is 0 Å². The maximum atomic E-state index is 6.15. The minimum atomic E-state index is 0.712. The molecule has 0 aliphatic rings. The Labute approximate surface area is 119 Å². The van der Waals surface area contributed by atoms with Crippen LogP contribution in [0.25, 0.3) is 11.3 Å². The normalized spacial score (nSPS) is 11.2. The molecule has 0 saturated heterocycles. The van der Waals surface area contributed by atoms with Crippen LogP contribution in [-0.4, -0.2) is 32.1 Å². The van der Waals surface area contributed by atoms with Crippen molar-refractivity contribution in [2.75, 3.05) is 27.2 Å². The molecule has 0 atom stereocenters. The second kappa shape index (κ2) is 6.75. The molecule has 1 aromatic carbocycles. The molecule has 4 heteroatoms. The number of benzene rings is 1. The van der Waals surface area contributed by atoms with Gasteiger partial charge in [-0.15, -0.1) is 0 Å². The van der Waals surface area contributed by atoms with Crippen LogP contribution in [-0.2, 0) is 6.54 Å². The third-order valence-electron chi connectivity index (χ3n) is 2.84. The summed E-state index contributed by atoms with van der Waals surface area (Å²) in [6.07, 6.45) is 0. The third-order valence-corrected chi connectivity index (χ3v) is 3.17. The molecule has 1 aromatic heterocycles. The summed E-state index contributed by atoms with van der Waals surface area (Å²) in [4.78, 5) is 2.14. The molecule has 102 valence electrons. The quantitative estimate of drug-likeness (QED) is 0.822. The second-order valence-electron chi connectivity index (χ2n) is 4.73.